The van der Waals surface area contributed by atoms with Crippen LogP contribution in [0.15, 0.2) is 78.1 Å². The zero-order valence-corrected chi connectivity index (χ0v) is 19.1. The van der Waals surface area contributed by atoms with Crippen LogP contribution in [0.25, 0.3) is 39.3 Å². The van der Waals surface area contributed by atoms with E-state index in [-0.39, 0.29) is 10.7 Å². The Morgan fingerprint density at radius 1 is 0.882 bits per heavy atom. The molecule has 168 valence electrons. The molecular weight excluding hydrogens is 448 g/mol. The van der Waals surface area contributed by atoms with Crippen molar-refractivity contribution in [3.8, 4) is 33.6 Å². The van der Waals surface area contributed by atoms with E-state index in [1.807, 2.05) is 41.1 Å². The Balaban J connectivity index is 1.42. The summed E-state index contributed by atoms with van der Waals surface area (Å²) in [6.07, 6.45) is 8.18. The summed E-state index contributed by atoms with van der Waals surface area (Å²) in [5.74, 6) is 0.207. The Bertz CT molecular complexity index is 1700. The van der Waals surface area contributed by atoms with Gasteiger partial charge in [-0.25, -0.2) is 13.4 Å². The van der Waals surface area contributed by atoms with E-state index in [4.69, 9.17) is 0 Å². The Labute approximate surface area is 196 Å². The standard InChI is InChI=1S/C26H20N4O3S/c1-34(32,33)20-7-2-16(3-8-20)26-22(13-28-29-26)19-6-11-25-27-14-23(30(25)15-19)18-4-9-21-17(12-18)5-10-24(21)31/h2-4,6-9,11-15H,5,10H2,1H3,(H,28,29). The van der Waals surface area contributed by atoms with E-state index < -0.39 is 9.84 Å². The molecule has 0 amide bonds. The largest absolute Gasteiger partial charge is 0.299 e. The number of nitrogens with zero attached hydrogens (tertiary/aromatic N) is 3. The topological polar surface area (TPSA) is 97.2 Å². The highest BCUT2D eigenvalue weighted by Crippen LogP contribution is 2.33. The molecule has 3 aromatic heterocycles. The SMILES string of the molecule is CS(=O)(=O)c1ccc(-c2[nH]ncc2-c2ccc3ncc(-c4ccc5c(c4)CCC5=O)n3c2)cc1. The summed E-state index contributed by atoms with van der Waals surface area (Å²) < 4.78 is 25.6. The first-order valence-corrected chi connectivity index (χ1v) is 12.8. The number of fused-ring (bicyclic) bond motifs is 2. The molecule has 0 unspecified atom stereocenters. The van der Waals surface area contributed by atoms with Crippen molar-refractivity contribution < 1.29 is 13.2 Å². The number of imidazole rings is 1. The van der Waals surface area contributed by atoms with Gasteiger partial charge < -0.3 is 0 Å². The first-order valence-electron chi connectivity index (χ1n) is 10.9. The number of ketones is 1. The molecule has 0 spiro atoms. The summed E-state index contributed by atoms with van der Waals surface area (Å²) in [4.78, 5) is 16.8. The molecule has 1 aliphatic carbocycles. The average Bonchev–Trinajstić information content (AvgIpc) is 3.56. The van der Waals surface area contributed by atoms with Gasteiger partial charge in [0.2, 0.25) is 0 Å². The highest BCUT2D eigenvalue weighted by Gasteiger charge is 2.20. The number of Topliss-reactive ketones (excluding diaryl/α,β-unsaturated/α-hetero) is 1. The minimum absolute atomic E-state index is 0.207. The van der Waals surface area contributed by atoms with E-state index in [9.17, 15) is 13.2 Å². The number of rotatable bonds is 4. The van der Waals surface area contributed by atoms with E-state index in [2.05, 4.69) is 21.2 Å². The molecular formula is C26H20N4O3S. The second-order valence-corrected chi connectivity index (χ2v) is 10.6. The fraction of sp³-hybridized carbons (Fsp3) is 0.115. The third-order valence-corrected chi connectivity index (χ3v) is 7.48. The summed E-state index contributed by atoms with van der Waals surface area (Å²) in [6, 6.07) is 16.7. The maximum absolute atomic E-state index is 12.0. The lowest BCUT2D eigenvalue weighted by atomic mass is 10.0. The second kappa shape index (κ2) is 7.50. The molecule has 0 radical (unpaired) electrons. The zero-order chi connectivity index (χ0) is 23.4. The second-order valence-electron chi connectivity index (χ2n) is 8.54. The van der Waals surface area contributed by atoms with Gasteiger partial charge in [-0.2, -0.15) is 5.10 Å². The summed E-state index contributed by atoms with van der Waals surface area (Å²) >= 11 is 0. The fourth-order valence-electron chi connectivity index (χ4n) is 4.56. The highest BCUT2D eigenvalue weighted by molar-refractivity contribution is 7.90. The van der Waals surface area contributed by atoms with Gasteiger partial charge in [0.1, 0.15) is 5.65 Å². The number of carbonyl (C=O) groups is 1. The van der Waals surface area contributed by atoms with Gasteiger partial charge in [0.05, 0.1) is 28.7 Å². The molecule has 2 aromatic carbocycles. The van der Waals surface area contributed by atoms with Crippen molar-refractivity contribution in [2.45, 2.75) is 17.7 Å². The lowest BCUT2D eigenvalue weighted by Gasteiger charge is -2.08. The van der Waals surface area contributed by atoms with Crippen molar-refractivity contribution in [1.29, 1.82) is 0 Å². The molecule has 1 N–H and O–H groups in total. The van der Waals surface area contributed by atoms with Crippen molar-refractivity contribution >= 4 is 21.3 Å². The van der Waals surface area contributed by atoms with Crippen molar-refractivity contribution in [3.05, 3.63) is 84.3 Å². The molecule has 0 saturated heterocycles. The summed E-state index contributed by atoms with van der Waals surface area (Å²) in [5, 5.41) is 7.28. The van der Waals surface area contributed by atoms with Gasteiger partial charge in [-0.1, -0.05) is 24.3 Å². The van der Waals surface area contributed by atoms with Gasteiger partial charge in [0.25, 0.3) is 0 Å². The number of hydrogen-bond acceptors (Lipinski definition) is 5. The Hall–Kier alpha value is -4.04. The molecule has 0 atom stereocenters. The van der Waals surface area contributed by atoms with Crippen molar-refractivity contribution in [3.63, 3.8) is 0 Å². The average molecular weight is 469 g/mol. The number of benzene rings is 2. The minimum Gasteiger partial charge on any atom is -0.299 e. The maximum atomic E-state index is 12.0. The van der Waals surface area contributed by atoms with E-state index >= 15 is 0 Å². The van der Waals surface area contributed by atoms with Crippen LogP contribution in [0.2, 0.25) is 0 Å². The predicted molar refractivity (Wildman–Crippen MR) is 129 cm³/mol. The summed E-state index contributed by atoms with van der Waals surface area (Å²) in [6.45, 7) is 0. The third kappa shape index (κ3) is 3.34. The molecule has 0 saturated carbocycles. The van der Waals surface area contributed by atoms with Gasteiger partial charge in [0, 0.05) is 46.7 Å². The Morgan fingerprint density at radius 2 is 1.65 bits per heavy atom. The van der Waals surface area contributed by atoms with E-state index in [1.165, 1.54) is 6.26 Å². The zero-order valence-electron chi connectivity index (χ0n) is 18.3. The summed E-state index contributed by atoms with van der Waals surface area (Å²) in [5.41, 5.74) is 8.17. The molecule has 6 rings (SSSR count). The van der Waals surface area contributed by atoms with E-state index in [0.29, 0.717) is 6.42 Å². The number of hydrogen-bond donors (Lipinski definition) is 1. The monoisotopic (exact) mass is 468 g/mol. The van der Waals surface area contributed by atoms with Crippen LogP contribution in [0.1, 0.15) is 22.3 Å². The molecule has 5 aromatic rings. The van der Waals surface area contributed by atoms with Crippen LogP contribution in [-0.2, 0) is 16.3 Å². The fourth-order valence-corrected chi connectivity index (χ4v) is 5.19. The van der Waals surface area contributed by atoms with E-state index in [0.717, 1.165) is 56.8 Å². The molecule has 3 heterocycles. The van der Waals surface area contributed by atoms with Crippen LogP contribution in [0.5, 0.6) is 0 Å². The van der Waals surface area contributed by atoms with E-state index in [1.54, 1.807) is 30.5 Å². The number of aromatic amines is 1. The van der Waals surface area contributed by atoms with Crippen LogP contribution in [0.4, 0.5) is 0 Å². The maximum Gasteiger partial charge on any atom is 0.175 e. The quantitative estimate of drug-likeness (QED) is 0.416. The summed E-state index contributed by atoms with van der Waals surface area (Å²) in [7, 11) is -3.26. The van der Waals surface area contributed by atoms with Gasteiger partial charge in [-0.05, 0) is 42.3 Å². The number of aryl methyl sites for hydroxylation is 1. The molecule has 1 aliphatic rings. The van der Waals surface area contributed by atoms with Crippen LogP contribution in [-0.4, -0.2) is 40.0 Å². The Morgan fingerprint density at radius 3 is 2.44 bits per heavy atom. The van der Waals surface area contributed by atoms with Gasteiger partial charge in [-0.3, -0.25) is 14.3 Å². The molecule has 34 heavy (non-hydrogen) atoms. The lowest BCUT2D eigenvalue weighted by Crippen LogP contribution is -1.96. The smallest absolute Gasteiger partial charge is 0.175 e. The number of pyridine rings is 1. The highest BCUT2D eigenvalue weighted by atomic mass is 32.2. The first kappa shape index (κ1) is 20.6. The predicted octanol–water partition coefficient (Wildman–Crippen LogP) is 4.59. The first-order chi connectivity index (χ1) is 16.4. The molecule has 7 nitrogen and oxygen atoms in total. The van der Waals surface area contributed by atoms with Crippen LogP contribution in [0, 0.1) is 0 Å². The molecule has 0 bridgehead atoms. The van der Waals surface area contributed by atoms with Gasteiger partial charge in [0.15, 0.2) is 15.6 Å². The van der Waals surface area contributed by atoms with Gasteiger partial charge >= 0.3 is 0 Å². The van der Waals surface area contributed by atoms with Gasteiger partial charge in [-0.15, -0.1) is 0 Å². The van der Waals surface area contributed by atoms with Crippen molar-refractivity contribution in [2.24, 2.45) is 0 Å². The number of sulfone groups is 1. The normalized spacial score (nSPS) is 13.5. The Kier molecular flexibility index (Phi) is 4.53. The van der Waals surface area contributed by atoms with Crippen LogP contribution < -0.4 is 0 Å². The minimum atomic E-state index is -3.26. The molecule has 0 fully saturated rings. The number of aromatic nitrogens is 4. The van der Waals surface area contributed by atoms with Crippen LogP contribution >= 0.6 is 0 Å². The molecule has 8 heteroatoms. The van der Waals surface area contributed by atoms with Crippen molar-refractivity contribution in [1.82, 2.24) is 19.6 Å². The number of nitrogens with one attached hydrogen (secondary N) is 1. The number of carbonyl (C=O) groups excluding carboxylic acids is 1. The molecule has 0 aliphatic heterocycles. The number of H-pyrrole nitrogens is 1. The van der Waals surface area contributed by atoms with Crippen molar-refractivity contribution in [2.75, 3.05) is 6.26 Å². The third-order valence-electron chi connectivity index (χ3n) is 6.35. The van der Waals surface area contributed by atoms with Crippen LogP contribution in [0.3, 0.4) is 0 Å². The lowest BCUT2D eigenvalue weighted by molar-refractivity contribution is 0.0994.